The van der Waals surface area contributed by atoms with Crippen molar-refractivity contribution >= 4 is 11.6 Å². The summed E-state index contributed by atoms with van der Waals surface area (Å²) in [4.78, 5) is 0. The lowest BCUT2D eigenvalue weighted by Gasteiger charge is -1.99. The van der Waals surface area contributed by atoms with Crippen LogP contribution in [0.3, 0.4) is 0 Å². The molecule has 1 aliphatic carbocycles. The molecule has 1 saturated carbocycles. The second-order valence-electron chi connectivity index (χ2n) is 3.28. The van der Waals surface area contributed by atoms with Crippen LogP contribution in [0.25, 0.3) is 0 Å². The van der Waals surface area contributed by atoms with Gasteiger partial charge >= 0.3 is 0 Å². The summed E-state index contributed by atoms with van der Waals surface area (Å²) in [5, 5.41) is 0. The molecule has 0 aliphatic heterocycles. The standard InChI is InChI=1S/C10H10ClF/c11-6-7-5-9(7)8-3-1-2-4-10(8)12/h1-4,7,9H,5-6H2. The Morgan fingerprint density at radius 2 is 2.17 bits per heavy atom. The first kappa shape index (κ1) is 8.06. The number of halogens is 2. The zero-order chi connectivity index (χ0) is 8.55. The van der Waals surface area contributed by atoms with E-state index < -0.39 is 0 Å². The average molecular weight is 185 g/mol. The van der Waals surface area contributed by atoms with Gasteiger partial charge in [0.25, 0.3) is 0 Å². The molecule has 0 bridgehead atoms. The SMILES string of the molecule is Fc1ccccc1C1CC1CCl. The van der Waals surface area contributed by atoms with Gasteiger partial charge in [-0.3, -0.25) is 0 Å². The Morgan fingerprint density at radius 1 is 1.42 bits per heavy atom. The molecule has 0 saturated heterocycles. The van der Waals surface area contributed by atoms with E-state index in [4.69, 9.17) is 11.6 Å². The van der Waals surface area contributed by atoms with Gasteiger partial charge in [0.2, 0.25) is 0 Å². The Kier molecular flexibility index (Phi) is 2.05. The molecule has 0 nitrogen and oxygen atoms in total. The van der Waals surface area contributed by atoms with E-state index in [1.165, 1.54) is 6.07 Å². The van der Waals surface area contributed by atoms with Crippen LogP contribution in [0.1, 0.15) is 17.9 Å². The average Bonchev–Trinajstić information content (AvgIpc) is 2.84. The lowest BCUT2D eigenvalue weighted by atomic mass is 10.1. The number of hydrogen-bond donors (Lipinski definition) is 0. The molecule has 0 N–H and O–H groups in total. The van der Waals surface area contributed by atoms with E-state index in [0.29, 0.717) is 17.7 Å². The third kappa shape index (κ3) is 1.34. The molecule has 64 valence electrons. The molecule has 0 radical (unpaired) electrons. The molecule has 0 aromatic heterocycles. The highest BCUT2D eigenvalue weighted by Gasteiger charge is 2.38. The second-order valence-corrected chi connectivity index (χ2v) is 3.59. The molecule has 0 spiro atoms. The van der Waals surface area contributed by atoms with Crippen molar-refractivity contribution in [1.82, 2.24) is 0 Å². The molecule has 0 heterocycles. The van der Waals surface area contributed by atoms with Crippen LogP contribution in [0.15, 0.2) is 24.3 Å². The summed E-state index contributed by atoms with van der Waals surface area (Å²) in [5.74, 6) is 1.45. The molecule has 1 fully saturated rings. The van der Waals surface area contributed by atoms with Crippen LogP contribution < -0.4 is 0 Å². The van der Waals surface area contributed by atoms with Crippen molar-refractivity contribution in [2.75, 3.05) is 5.88 Å². The molecule has 2 unspecified atom stereocenters. The Hall–Kier alpha value is -0.560. The van der Waals surface area contributed by atoms with E-state index in [2.05, 4.69) is 0 Å². The Bertz CT molecular complexity index is 285. The number of alkyl halides is 1. The van der Waals surface area contributed by atoms with E-state index in [1.807, 2.05) is 12.1 Å². The predicted molar refractivity (Wildman–Crippen MR) is 48.0 cm³/mol. The van der Waals surface area contributed by atoms with Gasteiger partial charge in [-0.05, 0) is 29.9 Å². The van der Waals surface area contributed by atoms with Crippen molar-refractivity contribution in [3.05, 3.63) is 35.6 Å². The van der Waals surface area contributed by atoms with Gasteiger partial charge in [0, 0.05) is 5.88 Å². The first-order chi connectivity index (χ1) is 5.83. The summed E-state index contributed by atoms with van der Waals surface area (Å²) in [5.41, 5.74) is 0.836. The lowest BCUT2D eigenvalue weighted by Crippen LogP contribution is -1.88. The minimum absolute atomic E-state index is 0.0879. The maximum Gasteiger partial charge on any atom is 0.126 e. The summed E-state index contributed by atoms with van der Waals surface area (Å²) in [6, 6.07) is 6.96. The molecule has 12 heavy (non-hydrogen) atoms. The number of hydrogen-bond acceptors (Lipinski definition) is 0. The molecule has 1 aromatic carbocycles. The zero-order valence-electron chi connectivity index (χ0n) is 6.63. The highest BCUT2D eigenvalue weighted by molar-refractivity contribution is 6.18. The predicted octanol–water partition coefficient (Wildman–Crippen LogP) is 3.17. The van der Waals surface area contributed by atoms with Crippen molar-refractivity contribution in [1.29, 1.82) is 0 Å². The topological polar surface area (TPSA) is 0 Å². The van der Waals surface area contributed by atoms with E-state index in [1.54, 1.807) is 6.07 Å². The fourth-order valence-corrected chi connectivity index (χ4v) is 1.92. The van der Waals surface area contributed by atoms with E-state index in [-0.39, 0.29) is 5.82 Å². The highest BCUT2D eigenvalue weighted by Crippen LogP contribution is 2.48. The third-order valence-electron chi connectivity index (χ3n) is 2.43. The monoisotopic (exact) mass is 184 g/mol. The summed E-state index contributed by atoms with van der Waals surface area (Å²) in [6.45, 7) is 0. The Morgan fingerprint density at radius 3 is 2.75 bits per heavy atom. The van der Waals surface area contributed by atoms with Gasteiger partial charge in [0.1, 0.15) is 5.82 Å². The maximum absolute atomic E-state index is 13.1. The fourth-order valence-electron chi connectivity index (χ4n) is 1.57. The van der Waals surface area contributed by atoms with Gasteiger partial charge in [0.15, 0.2) is 0 Å². The Balaban J connectivity index is 2.19. The third-order valence-corrected chi connectivity index (χ3v) is 2.82. The quantitative estimate of drug-likeness (QED) is 0.620. The van der Waals surface area contributed by atoms with Gasteiger partial charge in [-0.15, -0.1) is 11.6 Å². The second kappa shape index (κ2) is 3.06. The molecule has 2 rings (SSSR count). The molecule has 1 aromatic rings. The van der Waals surface area contributed by atoms with E-state index in [0.717, 1.165) is 12.0 Å². The van der Waals surface area contributed by atoms with Crippen LogP contribution in [0.2, 0.25) is 0 Å². The smallest absolute Gasteiger partial charge is 0.126 e. The van der Waals surface area contributed by atoms with Gasteiger partial charge in [-0.2, -0.15) is 0 Å². The first-order valence-electron chi connectivity index (χ1n) is 4.13. The largest absolute Gasteiger partial charge is 0.207 e. The fraction of sp³-hybridized carbons (Fsp3) is 0.400. The zero-order valence-corrected chi connectivity index (χ0v) is 7.39. The van der Waals surface area contributed by atoms with Crippen LogP contribution >= 0.6 is 11.6 Å². The molecule has 1 aliphatic rings. The summed E-state index contributed by atoms with van der Waals surface area (Å²) in [6.07, 6.45) is 1.05. The minimum atomic E-state index is -0.0879. The normalized spacial score (nSPS) is 27.2. The van der Waals surface area contributed by atoms with Gasteiger partial charge in [0.05, 0.1) is 0 Å². The van der Waals surface area contributed by atoms with Crippen LogP contribution in [-0.2, 0) is 0 Å². The Labute approximate surface area is 76.4 Å². The molecular weight excluding hydrogens is 175 g/mol. The van der Waals surface area contributed by atoms with Crippen LogP contribution in [-0.4, -0.2) is 5.88 Å². The van der Waals surface area contributed by atoms with E-state index >= 15 is 0 Å². The molecule has 0 amide bonds. The van der Waals surface area contributed by atoms with Crippen LogP contribution in [0.4, 0.5) is 4.39 Å². The number of benzene rings is 1. The molecule has 2 atom stereocenters. The highest BCUT2D eigenvalue weighted by atomic mass is 35.5. The molecular formula is C10H10ClF. The molecule has 2 heteroatoms. The van der Waals surface area contributed by atoms with Crippen molar-refractivity contribution in [3.63, 3.8) is 0 Å². The van der Waals surface area contributed by atoms with Crippen molar-refractivity contribution in [2.45, 2.75) is 12.3 Å². The van der Waals surface area contributed by atoms with Gasteiger partial charge in [-0.1, -0.05) is 18.2 Å². The summed E-state index contributed by atoms with van der Waals surface area (Å²) in [7, 11) is 0. The number of rotatable bonds is 2. The van der Waals surface area contributed by atoms with Crippen molar-refractivity contribution in [2.24, 2.45) is 5.92 Å². The summed E-state index contributed by atoms with van der Waals surface area (Å²) < 4.78 is 13.1. The van der Waals surface area contributed by atoms with Crippen LogP contribution in [0, 0.1) is 11.7 Å². The minimum Gasteiger partial charge on any atom is -0.207 e. The first-order valence-corrected chi connectivity index (χ1v) is 4.66. The van der Waals surface area contributed by atoms with Crippen molar-refractivity contribution < 1.29 is 4.39 Å². The maximum atomic E-state index is 13.1. The van der Waals surface area contributed by atoms with Crippen LogP contribution in [0.5, 0.6) is 0 Å². The lowest BCUT2D eigenvalue weighted by molar-refractivity contribution is 0.608. The van der Waals surface area contributed by atoms with E-state index in [9.17, 15) is 4.39 Å². The van der Waals surface area contributed by atoms with Gasteiger partial charge in [-0.25, -0.2) is 4.39 Å². The van der Waals surface area contributed by atoms with Gasteiger partial charge < -0.3 is 0 Å². The van der Waals surface area contributed by atoms with Crippen molar-refractivity contribution in [3.8, 4) is 0 Å². The summed E-state index contributed by atoms with van der Waals surface area (Å²) >= 11 is 5.67.